The number of piperidine rings is 1. The first-order chi connectivity index (χ1) is 9.79. The van der Waals surface area contributed by atoms with Crippen LogP contribution in [0.5, 0.6) is 0 Å². The van der Waals surface area contributed by atoms with Gasteiger partial charge < -0.3 is 10.2 Å². The molecule has 0 amide bonds. The second kappa shape index (κ2) is 8.43. The fourth-order valence-corrected chi connectivity index (χ4v) is 3.15. The van der Waals surface area contributed by atoms with Crippen LogP contribution < -0.4 is 5.32 Å². The highest BCUT2D eigenvalue weighted by molar-refractivity contribution is 5.14. The number of hydrogen-bond acceptors (Lipinski definition) is 2. The number of nitrogens with one attached hydrogen (secondary N) is 1. The third-order valence-electron chi connectivity index (χ3n) is 4.62. The predicted molar refractivity (Wildman–Crippen MR) is 87.1 cm³/mol. The molecule has 1 saturated heterocycles. The van der Waals surface area contributed by atoms with E-state index in [1.807, 2.05) is 0 Å². The molecule has 1 aliphatic rings. The monoisotopic (exact) mass is 274 g/mol. The lowest BCUT2D eigenvalue weighted by Crippen LogP contribution is -2.42. The van der Waals surface area contributed by atoms with Crippen molar-refractivity contribution in [3.63, 3.8) is 0 Å². The van der Waals surface area contributed by atoms with Gasteiger partial charge in [0.2, 0.25) is 0 Å². The van der Waals surface area contributed by atoms with E-state index in [0.29, 0.717) is 6.04 Å². The van der Waals surface area contributed by atoms with E-state index in [0.717, 1.165) is 12.5 Å². The Morgan fingerprint density at radius 2 is 1.90 bits per heavy atom. The van der Waals surface area contributed by atoms with Crippen LogP contribution >= 0.6 is 0 Å². The minimum atomic E-state index is 0.686. The quantitative estimate of drug-likeness (QED) is 0.820. The van der Waals surface area contributed by atoms with Crippen LogP contribution in [0.15, 0.2) is 30.3 Å². The van der Waals surface area contributed by atoms with E-state index in [-0.39, 0.29) is 0 Å². The van der Waals surface area contributed by atoms with E-state index in [2.05, 4.69) is 54.4 Å². The van der Waals surface area contributed by atoms with Gasteiger partial charge in [0.25, 0.3) is 0 Å². The SMILES string of the molecule is CCCNC(C)C1CCN(CCc2ccccc2)CC1. The molecule has 1 N–H and O–H groups in total. The zero-order chi connectivity index (χ0) is 14.2. The molecule has 0 bridgehead atoms. The van der Waals surface area contributed by atoms with E-state index in [9.17, 15) is 0 Å². The lowest BCUT2D eigenvalue weighted by Gasteiger charge is -2.35. The van der Waals surface area contributed by atoms with Gasteiger partial charge in [0.1, 0.15) is 0 Å². The van der Waals surface area contributed by atoms with Crippen LogP contribution in [0, 0.1) is 5.92 Å². The Morgan fingerprint density at radius 1 is 1.20 bits per heavy atom. The first-order valence-electron chi connectivity index (χ1n) is 8.29. The molecule has 1 heterocycles. The minimum Gasteiger partial charge on any atom is -0.314 e. The van der Waals surface area contributed by atoms with E-state index in [1.54, 1.807) is 0 Å². The van der Waals surface area contributed by atoms with Crippen molar-refractivity contribution >= 4 is 0 Å². The zero-order valence-electron chi connectivity index (χ0n) is 13.1. The van der Waals surface area contributed by atoms with E-state index < -0.39 is 0 Å². The molecular weight excluding hydrogens is 244 g/mol. The van der Waals surface area contributed by atoms with Crippen molar-refractivity contribution in [2.75, 3.05) is 26.2 Å². The molecule has 0 saturated carbocycles. The Hall–Kier alpha value is -0.860. The average Bonchev–Trinajstić information content (AvgIpc) is 2.52. The largest absolute Gasteiger partial charge is 0.314 e. The first kappa shape index (κ1) is 15.5. The zero-order valence-corrected chi connectivity index (χ0v) is 13.1. The second-order valence-electron chi connectivity index (χ2n) is 6.16. The molecule has 1 aromatic rings. The van der Waals surface area contributed by atoms with E-state index >= 15 is 0 Å². The normalized spacial score (nSPS) is 19.1. The predicted octanol–water partition coefficient (Wildman–Crippen LogP) is 3.33. The number of likely N-dealkylation sites (tertiary alicyclic amines) is 1. The molecule has 0 aromatic heterocycles. The molecule has 1 atom stereocenters. The van der Waals surface area contributed by atoms with Gasteiger partial charge in [-0.1, -0.05) is 37.3 Å². The van der Waals surface area contributed by atoms with Crippen molar-refractivity contribution in [3.05, 3.63) is 35.9 Å². The molecule has 112 valence electrons. The Morgan fingerprint density at radius 3 is 2.55 bits per heavy atom. The summed E-state index contributed by atoms with van der Waals surface area (Å²) in [6.45, 7) is 9.53. The molecule has 20 heavy (non-hydrogen) atoms. The lowest BCUT2D eigenvalue weighted by atomic mass is 9.90. The third-order valence-corrected chi connectivity index (χ3v) is 4.62. The lowest BCUT2D eigenvalue weighted by molar-refractivity contribution is 0.164. The van der Waals surface area contributed by atoms with Gasteiger partial charge in [0.05, 0.1) is 0 Å². The number of nitrogens with zero attached hydrogens (tertiary/aromatic N) is 1. The van der Waals surface area contributed by atoms with Crippen LogP contribution in [0.4, 0.5) is 0 Å². The summed E-state index contributed by atoms with van der Waals surface area (Å²) in [4.78, 5) is 2.63. The van der Waals surface area contributed by atoms with Crippen LogP contribution in [-0.2, 0) is 6.42 Å². The van der Waals surface area contributed by atoms with Crippen LogP contribution in [0.1, 0.15) is 38.7 Å². The molecule has 2 nitrogen and oxygen atoms in total. The summed E-state index contributed by atoms with van der Waals surface area (Å²) in [6.07, 6.45) is 5.13. The Labute approximate surface area is 124 Å². The fourth-order valence-electron chi connectivity index (χ4n) is 3.15. The topological polar surface area (TPSA) is 15.3 Å². The van der Waals surface area contributed by atoms with Gasteiger partial charge in [-0.25, -0.2) is 0 Å². The molecule has 0 aliphatic carbocycles. The second-order valence-corrected chi connectivity index (χ2v) is 6.16. The van der Waals surface area contributed by atoms with Crippen LogP contribution in [-0.4, -0.2) is 37.1 Å². The molecule has 1 aliphatic heterocycles. The Balaban J connectivity index is 1.66. The van der Waals surface area contributed by atoms with Crippen molar-refractivity contribution in [3.8, 4) is 0 Å². The smallest absolute Gasteiger partial charge is 0.00679 e. The highest BCUT2D eigenvalue weighted by Gasteiger charge is 2.23. The molecule has 1 aromatic carbocycles. The van der Waals surface area contributed by atoms with Crippen molar-refractivity contribution in [2.45, 2.75) is 45.6 Å². The highest BCUT2D eigenvalue weighted by Crippen LogP contribution is 2.20. The number of benzene rings is 1. The maximum atomic E-state index is 3.66. The van der Waals surface area contributed by atoms with E-state index in [4.69, 9.17) is 0 Å². The van der Waals surface area contributed by atoms with Crippen molar-refractivity contribution in [1.29, 1.82) is 0 Å². The Kier molecular flexibility index (Phi) is 6.55. The molecular formula is C18H30N2. The van der Waals surface area contributed by atoms with Gasteiger partial charge in [0, 0.05) is 12.6 Å². The van der Waals surface area contributed by atoms with Gasteiger partial charge in [-0.3, -0.25) is 0 Å². The van der Waals surface area contributed by atoms with E-state index in [1.165, 1.54) is 50.9 Å². The van der Waals surface area contributed by atoms with Crippen molar-refractivity contribution < 1.29 is 0 Å². The summed E-state index contributed by atoms with van der Waals surface area (Å²) in [5, 5.41) is 3.66. The summed E-state index contributed by atoms with van der Waals surface area (Å²) in [6, 6.07) is 11.5. The summed E-state index contributed by atoms with van der Waals surface area (Å²) in [7, 11) is 0. The molecule has 2 rings (SSSR count). The third kappa shape index (κ3) is 4.92. The molecule has 0 spiro atoms. The molecule has 2 heteroatoms. The number of rotatable bonds is 7. The van der Waals surface area contributed by atoms with Gasteiger partial charge in [0.15, 0.2) is 0 Å². The summed E-state index contributed by atoms with van der Waals surface area (Å²) < 4.78 is 0. The minimum absolute atomic E-state index is 0.686. The van der Waals surface area contributed by atoms with Crippen LogP contribution in [0.3, 0.4) is 0 Å². The van der Waals surface area contributed by atoms with Gasteiger partial charge >= 0.3 is 0 Å². The van der Waals surface area contributed by atoms with Gasteiger partial charge in [-0.15, -0.1) is 0 Å². The molecule has 1 fully saturated rings. The maximum absolute atomic E-state index is 3.66. The molecule has 1 unspecified atom stereocenters. The summed E-state index contributed by atoms with van der Waals surface area (Å²) >= 11 is 0. The summed E-state index contributed by atoms with van der Waals surface area (Å²) in [5.74, 6) is 0.870. The van der Waals surface area contributed by atoms with Gasteiger partial charge in [-0.2, -0.15) is 0 Å². The maximum Gasteiger partial charge on any atom is 0.00679 e. The standard InChI is InChI=1S/C18H30N2/c1-3-12-19-16(2)18-10-14-20(15-11-18)13-9-17-7-5-4-6-8-17/h4-8,16,18-19H,3,9-15H2,1-2H3. The molecule has 0 radical (unpaired) electrons. The van der Waals surface area contributed by atoms with Crippen LogP contribution in [0.2, 0.25) is 0 Å². The summed E-state index contributed by atoms with van der Waals surface area (Å²) in [5.41, 5.74) is 1.47. The van der Waals surface area contributed by atoms with Crippen molar-refractivity contribution in [2.24, 2.45) is 5.92 Å². The van der Waals surface area contributed by atoms with Crippen LogP contribution in [0.25, 0.3) is 0 Å². The fraction of sp³-hybridized carbons (Fsp3) is 0.667. The number of hydrogen-bond donors (Lipinski definition) is 1. The van der Waals surface area contributed by atoms with Crippen molar-refractivity contribution in [1.82, 2.24) is 10.2 Å². The average molecular weight is 274 g/mol. The first-order valence-corrected chi connectivity index (χ1v) is 8.29. The van der Waals surface area contributed by atoms with Gasteiger partial charge in [-0.05, 0) is 63.7 Å². The highest BCUT2D eigenvalue weighted by atomic mass is 15.1. The Bertz CT molecular complexity index is 355.